The zero-order valence-electron chi connectivity index (χ0n) is 24.8. The van der Waals surface area contributed by atoms with Gasteiger partial charge in [0.05, 0.1) is 6.04 Å². The summed E-state index contributed by atoms with van der Waals surface area (Å²) in [5, 5.41) is 17.5. The number of halogens is 2. The van der Waals surface area contributed by atoms with Crippen LogP contribution in [0.15, 0.2) is 28.3 Å². The van der Waals surface area contributed by atoms with Crippen LogP contribution in [0.1, 0.15) is 78.0 Å². The molecule has 5 rings (SSSR count). The van der Waals surface area contributed by atoms with Gasteiger partial charge in [-0.15, -0.1) is 0 Å². The standard InChI is InChI=1S/C30H32F2N4O7S/c1-16-10-21(31)19(22(32)11-16)13-33-27(39)20-14-36-23-15-35(28(40)24(36)26(38)25(20)37)17(2)6-9-30(23)12-18(34-43-30)7-8-29(3,4)44(5,41)42/h10-11,14,17,23,38H,6,9,12-13,15H2,1-5H3,(H,33,39)/t17-,23+,30+/m0/s1. The third-order valence-electron chi connectivity index (χ3n) is 8.70. The predicted molar refractivity (Wildman–Crippen MR) is 156 cm³/mol. The molecule has 0 saturated carbocycles. The van der Waals surface area contributed by atoms with E-state index in [1.807, 2.05) is 6.92 Å². The molecule has 1 fully saturated rings. The zero-order valence-corrected chi connectivity index (χ0v) is 25.6. The minimum Gasteiger partial charge on any atom is -0.503 e. The van der Waals surface area contributed by atoms with E-state index in [1.54, 1.807) is 0 Å². The third-order valence-corrected chi connectivity index (χ3v) is 10.7. The van der Waals surface area contributed by atoms with E-state index in [9.17, 15) is 36.7 Å². The number of sulfone groups is 1. The highest BCUT2D eigenvalue weighted by molar-refractivity contribution is 7.92. The van der Waals surface area contributed by atoms with Crippen LogP contribution in [-0.4, -0.2) is 69.7 Å². The number of nitrogens with one attached hydrogen (secondary N) is 1. The SMILES string of the molecule is Cc1cc(F)c(CNC(=O)c2cn3c(c(O)c2=O)C(=O)N2C[C@@H]3[C@@]3(CC[C@@H]2C)CC(C#CC(C)(C)S(C)(=O)=O)=NO3)c(F)c1. The summed E-state index contributed by atoms with van der Waals surface area (Å²) in [5.74, 6) is 1.26. The third kappa shape index (κ3) is 5.23. The molecule has 3 atom stereocenters. The van der Waals surface area contributed by atoms with Crippen LogP contribution in [0.5, 0.6) is 5.75 Å². The van der Waals surface area contributed by atoms with Crippen LogP contribution in [0, 0.1) is 30.4 Å². The van der Waals surface area contributed by atoms with Gasteiger partial charge in [-0.05, 0) is 64.2 Å². The number of aryl methyl sites for hydroxylation is 1. The molecule has 4 heterocycles. The Morgan fingerprint density at radius 2 is 1.93 bits per heavy atom. The molecule has 2 amide bonds. The molecule has 1 saturated heterocycles. The average molecular weight is 631 g/mol. The van der Waals surface area contributed by atoms with E-state index in [4.69, 9.17) is 4.84 Å². The number of hydrogen-bond donors (Lipinski definition) is 2. The maximum absolute atomic E-state index is 14.4. The summed E-state index contributed by atoms with van der Waals surface area (Å²) in [4.78, 5) is 47.4. The number of aromatic nitrogens is 1. The molecule has 0 aliphatic carbocycles. The molecular weight excluding hydrogens is 598 g/mol. The lowest BCUT2D eigenvalue weighted by Crippen LogP contribution is -2.52. The summed E-state index contributed by atoms with van der Waals surface area (Å²) in [7, 11) is -3.51. The average Bonchev–Trinajstić information content (AvgIpc) is 3.30. The van der Waals surface area contributed by atoms with Gasteiger partial charge in [-0.25, -0.2) is 17.2 Å². The lowest BCUT2D eigenvalue weighted by atomic mass is 9.84. The zero-order chi connectivity index (χ0) is 32.4. The molecule has 0 radical (unpaired) electrons. The van der Waals surface area contributed by atoms with E-state index in [-0.39, 0.29) is 30.4 Å². The van der Waals surface area contributed by atoms with E-state index in [1.165, 1.54) is 30.2 Å². The molecule has 1 aromatic carbocycles. The first-order valence-corrected chi connectivity index (χ1v) is 15.8. The summed E-state index contributed by atoms with van der Waals surface area (Å²) >= 11 is 0. The Balaban J connectivity index is 1.52. The summed E-state index contributed by atoms with van der Waals surface area (Å²) in [6.45, 7) is 5.82. The van der Waals surface area contributed by atoms with Crippen molar-refractivity contribution in [1.82, 2.24) is 14.8 Å². The monoisotopic (exact) mass is 630 g/mol. The lowest BCUT2D eigenvalue weighted by molar-refractivity contribution is -0.0655. The van der Waals surface area contributed by atoms with Crippen molar-refractivity contribution in [1.29, 1.82) is 0 Å². The smallest absolute Gasteiger partial charge is 0.274 e. The molecule has 3 aliphatic rings. The summed E-state index contributed by atoms with van der Waals surface area (Å²) < 4.78 is 53.0. The number of rotatable bonds is 4. The van der Waals surface area contributed by atoms with Gasteiger partial charge in [0.1, 0.15) is 27.7 Å². The first-order valence-electron chi connectivity index (χ1n) is 14.0. The summed E-state index contributed by atoms with van der Waals surface area (Å²) in [5.41, 5.74) is -2.86. The molecule has 1 aromatic heterocycles. The fourth-order valence-corrected chi connectivity index (χ4v) is 5.90. The summed E-state index contributed by atoms with van der Waals surface area (Å²) in [6.07, 6.45) is 3.23. The molecule has 1 spiro atoms. The normalized spacial score (nSPS) is 22.8. The summed E-state index contributed by atoms with van der Waals surface area (Å²) in [6, 6.07) is 1.19. The quantitative estimate of drug-likeness (QED) is 0.494. The second kappa shape index (κ2) is 10.7. The highest BCUT2D eigenvalue weighted by atomic mass is 32.2. The maximum atomic E-state index is 14.4. The van der Waals surface area contributed by atoms with Crippen molar-refractivity contribution in [2.75, 3.05) is 12.8 Å². The molecule has 14 heteroatoms. The van der Waals surface area contributed by atoms with E-state index >= 15 is 0 Å². The number of amides is 2. The minimum absolute atomic E-state index is 0.0984. The van der Waals surface area contributed by atoms with Crippen LogP contribution in [-0.2, 0) is 21.2 Å². The van der Waals surface area contributed by atoms with Gasteiger partial charge < -0.3 is 24.7 Å². The topological polar surface area (TPSA) is 147 Å². The Hall–Kier alpha value is -4.25. The highest BCUT2D eigenvalue weighted by Crippen LogP contribution is 2.46. The largest absolute Gasteiger partial charge is 0.503 e. The molecule has 44 heavy (non-hydrogen) atoms. The van der Waals surface area contributed by atoms with Crippen molar-refractivity contribution in [3.05, 3.63) is 62.6 Å². The molecular formula is C30H32F2N4O7S. The first kappa shape index (κ1) is 31.2. The minimum atomic E-state index is -3.51. The number of aromatic hydroxyl groups is 1. The maximum Gasteiger partial charge on any atom is 0.274 e. The van der Waals surface area contributed by atoms with Crippen LogP contribution >= 0.6 is 0 Å². The molecule has 2 aromatic rings. The van der Waals surface area contributed by atoms with Crippen LogP contribution in [0.25, 0.3) is 0 Å². The van der Waals surface area contributed by atoms with Gasteiger partial charge in [0.25, 0.3) is 11.8 Å². The Labute approximate surface area is 252 Å². The fourth-order valence-electron chi connectivity index (χ4n) is 5.66. The Kier molecular flexibility index (Phi) is 7.60. The van der Waals surface area contributed by atoms with E-state index in [0.29, 0.717) is 18.4 Å². The van der Waals surface area contributed by atoms with Crippen molar-refractivity contribution in [2.24, 2.45) is 5.16 Å². The molecule has 2 bridgehead atoms. The molecule has 11 nitrogen and oxygen atoms in total. The Morgan fingerprint density at radius 3 is 2.57 bits per heavy atom. The number of carbonyl (C=O) groups is 2. The van der Waals surface area contributed by atoms with Crippen molar-refractivity contribution < 1.29 is 36.7 Å². The Bertz CT molecular complexity index is 1840. The predicted octanol–water partition coefficient (Wildman–Crippen LogP) is 2.59. The van der Waals surface area contributed by atoms with Crippen molar-refractivity contribution >= 4 is 27.4 Å². The van der Waals surface area contributed by atoms with Crippen LogP contribution in [0.3, 0.4) is 0 Å². The number of benzene rings is 1. The van der Waals surface area contributed by atoms with Crippen LogP contribution in [0.4, 0.5) is 8.78 Å². The molecule has 234 valence electrons. The second-order valence-electron chi connectivity index (χ2n) is 12.1. The van der Waals surface area contributed by atoms with Gasteiger partial charge in [-0.1, -0.05) is 11.1 Å². The fraction of sp³-hybridized carbons (Fsp3) is 0.467. The number of nitrogens with zero attached hydrogens (tertiary/aromatic N) is 3. The van der Waals surface area contributed by atoms with Gasteiger partial charge in [0, 0.05) is 43.6 Å². The first-order chi connectivity index (χ1) is 20.5. The van der Waals surface area contributed by atoms with Gasteiger partial charge in [-0.2, -0.15) is 0 Å². The van der Waals surface area contributed by atoms with Crippen molar-refractivity contribution in [3.63, 3.8) is 0 Å². The number of fused-ring (bicyclic) bond motifs is 5. The molecule has 0 unspecified atom stereocenters. The van der Waals surface area contributed by atoms with E-state index < -0.39 is 78.5 Å². The van der Waals surface area contributed by atoms with Crippen molar-refractivity contribution in [2.45, 2.75) is 75.9 Å². The highest BCUT2D eigenvalue weighted by Gasteiger charge is 2.54. The molecule has 2 N–H and O–H groups in total. The van der Waals surface area contributed by atoms with Crippen molar-refractivity contribution in [3.8, 4) is 17.6 Å². The lowest BCUT2D eigenvalue weighted by Gasteiger charge is -2.41. The number of pyridine rings is 1. The number of oxime groups is 1. The second-order valence-corrected chi connectivity index (χ2v) is 14.7. The van der Waals surface area contributed by atoms with Crippen LogP contribution < -0.4 is 10.7 Å². The number of carbonyl (C=O) groups excluding carboxylic acids is 2. The number of hydrogen-bond acceptors (Lipinski definition) is 8. The van der Waals surface area contributed by atoms with Gasteiger partial charge in [0.2, 0.25) is 5.43 Å². The van der Waals surface area contributed by atoms with Gasteiger partial charge in [-0.3, -0.25) is 14.4 Å². The molecule has 3 aliphatic heterocycles. The van der Waals surface area contributed by atoms with E-state index in [2.05, 4.69) is 22.3 Å². The van der Waals surface area contributed by atoms with Crippen LogP contribution in [0.2, 0.25) is 0 Å². The van der Waals surface area contributed by atoms with Gasteiger partial charge in [0.15, 0.2) is 26.9 Å². The Morgan fingerprint density at radius 1 is 1.27 bits per heavy atom. The van der Waals surface area contributed by atoms with Gasteiger partial charge >= 0.3 is 0 Å². The van der Waals surface area contributed by atoms with E-state index in [0.717, 1.165) is 24.6 Å².